The number of hydrogen-bond acceptors (Lipinski definition) is 8. The van der Waals surface area contributed by atoms with E-state index in [1.807, 2.05) is 0 Å². The summed E-state index contributed by atoms with van der Waals surface area (Å²) in [5.41, 5.74) is -2.72. The molecule has 2 aromatic rings. The van der Waals surface area contributed by atoms with Crippen LogP contribution in [0.4, 0.5) is 23.7 Å². The number of nitrogens with zero attached hydrogens (tertiary/aromatic N) is 3. The first-order valence-corrected chi connectivity index (χ1v) is 18.2. The highest BCUT2D eigenvalue weighted by atomic mass is 32.2. The van der Waals surface area contributed by atoms with Crippen LogP contribution < -0.4 is 15.4 Å². The van der Waals surface area contributed by atoms with Crippen LogP contribution in [0, 0.1) is 17.8 Å². The molecule has 276 valence electrons. The third kappa shape index (κ3) is 8.63. The average molecular weight is 735 g/mol. The predicted molar refractivity (Wildman–Crippen MR) is 180 cm³/mol. The maximum atomic E-state index is 13.9. The topological polar surface area (TPSA) is 169 Å². The fourth-order valence-corrected chi connectivity index (χ4v) is 7.79. The van der Waals surface area contributed by atoms with E-state index in [1.54, 1.807) is 19.2 Å². The Morgan fingerprint density at radius 2 is 1.86 bits per heavy atom. The van der Waals surface area contributed by atoms with E-state index in [4.69, 9.17) is 4.74 Å². The summed E-state index contributed by atoms with van der Waals surface area (Å²) in [6, 6.07) is 4.30. The number of allylic oxidation sites excluding steroid dienone is 1. The summed E-state index contributed by atoms with van der Waals surface area (Å²) < 4.78 is 74.7. The number of rotatable bonds is 15. The van der Waals surface area contributed by atoms with E-state index >= 15 is 0 Å². The smallest absolute Gasteiger partial charge is 0.416 e. The van der Waals surface area contributed by atoms with Gasteiger partial charge in [-0.3, -0.25) is 24.4 Å². The van der Waals surface area contributed by atoms with Crippen molar-refractivity contribution < 1.29 is 45.5 Å². The fourth-order valence-electron chi connectivity index (χ4n) is 6.42. The van der Waals surface area contributed by atoms with Gasteiger partial charge in [0.1, 0.15) is 11.6 Å². The van der Waals surface area contributed by atoms with Crippen LogP contribution in [0.3, 0.4) is 0 Å². The normalized spacial score (nSPS) is 24.2. The molecule has 3 fully saturated rings. The summed E-state index contributed by atoms with van der Waals surface area (Å²) in [6.45, 7) is 7.76. The molecule has 3 saturated carbocycles. The van der Waals surface area contributed by atoms with E-state index in [0.717, 1.165) is 31.0 Å². The van der Waals surface area contributed by atoms with Gasteiger partial charge in [0.15, 0.2) is 0 Å². The number of aromatic nitrogens is 2. The number of alkyl halides is 3. The lowest BCUT2D eigenvalue weighted by atomic mass is 9.93. The predicted octanol–water partition coefficient (Wildman–Crippen LogP) is 4.32. The highest BCUT2D eigenvalue weighted by molar-refractivity contribution is 7.91. The number of carbonyl (C=O) groups is 4. The van der Waals surface area contributed by atoms with Crippen molar-refractivity contribution in [2.75, 3.05) is 18.9 Å². The van der Waals surface area contributed by atoms with Gasteiger partial charge in [-0.05, 0) is 75.6 Å². The molecule has 1 aromatic carbocycles. The van der Waals surface area contributed by atoms with Gasteiger partial charge in [0.25, 0.3) is 5.91 Å². The Bertz CT molecular complexity index is 1780. The number of sulfonamides is 1. The van der Waals surface area contributed by atoms with Crippen LogP contribution in [0.25, 0.3) is 5.69 Å². The Kier molecular flexibility index (Phi) is 11.0. The molecule has 5 unspecified atom stereocenters. The minimum absolute atomic E-state index is 0.0872. The molecule has 3 aliphatic carbocycles. The van der Waals surface area contributed by atoms with Gasteiger partial charge in [0.05, 0.1) is 34.0 Å². The molecule has 17 heteroatoms. The fraction of sp³-hybridized carbons (Fsp3) is 0.500. The zero-order valence-electron chi connectivity index (χ0n) is 28.0. The van der Waals surface area contributed by atoms with Crippen molar-refractivity contribution in [1.29, 1.82) is 0 Å². The molecule has 3 N–H and O–H groups in total. The van der Waals surface area contributed by atoms with Crippen molar-refractivity contribution in [2.45, 2.75) is 74.4 Å². The first-order valence-electron chi connectivity index (χ1n) is 16.6. The number of halogens is 3. The number of anilines is 1. The van der Waals surface area contributed by atoms with Gasteiger partial charge in [0, 0.05) is 31.9 Å². The monoisotopic (exact) mass is 734 g/mol. The molecule has 51 heavy (non-hydrogen) atoms. The highest BCUT2D eigenvalue weighted by Crippen LogP contribution is 2.46. The third-order valence-corrected chi connectivity index (χ3v) is 11.4. The second kappa shape index (κ2) is 14.9. The SMILES string of the molecule is C=CCCCCN(C)C(=O)C1CC(OC(=O)Nc2cc(C(F)(F)F)ccc2-n2cccn2)CC1C(=O)NC1(C(=O)NS(=O)(=O)C2CC2)CC1C=C. The highest BCUT2D eigenvalue weighted by Gasteiger charge is 2.62. The molecule has 5 rings (SSSR count). The van der Waals surface area contributed by atoms with Gasteiger partial charge in [-0.2, -0.15) is 18.3 Å². The number of carbonyl (C=O) groups excluding carboxylic acids is 4. The number of benzene rings is 1. The molecular weight excluding hydrogens is 693 g/mol. The molecule has 0 saturated heterocycles. The molecule has 5 atom stereocenters. The second-order valence-electron chi connectivity index (χ2n) is 13.2. The summed E-state index contributed by atoms with van der Waals surface area (Å²) in [6.07, 6.45) is 2.16. The second-order valence-corrected chi connectivity index (χ2v) is 15.2. The van der Waals surface area contributed by atoms with E-state index in [-0.39, 0.29) is 30.6 Å². The number of unbranched alkanes of at least 4 members (excludes halogenated alkanes) is 2. The molecule has 3 aliphatic rings. The van der Waals surface area contributed by atoms with Gasteiger partial charge < -0.3 is 15.0 Å². The molecule has 0 spiro atoms. The summed E-state index contributed by atoms with van der Waals surface area (Å²) in [4.78, 5) is 55.6. The van der Waals surface area contributed by atoms with Crippen LogP contribution in [0.15, 0.2) is 62.0 Å². The molecule has 0 aliphatic heterocycles. The number of nitrogens with one attached hydrogen (secondary N) is 3. The van der Waals surface area contributed by atoms with Crippen LogP contribution in [-0.2, 0) is 35.3 Å². The lowest BCUT2D eigenvalue weighted by Gasteiger charge is -2.26. The van der Waals surface area contributed by atoms with E-state index in [2.05, 4.69) is 33.6 Å². The first kappa shape index (κ1) is 37.6. The Balaban J connectivity index is 1.34. The standard InChI is InChI=1S/C34H41F3N6O7S/c1-4-6-7-8-15-42(3)30(45)26-19-23(50-32(47)39-27-17-22(34(35,36)37)10-13-28(27)43-16-9-14-38-43)18-25(26)29(44)40-33(20-21(33)5-2)31(46)41-51(48,49)24-11-12-24/h4-5,9-10,13-14,16-17,21,23-26H,1-2,6-8,11-12,15,18-20H2,3H3,(H,39,47)(H,40,44)(H,41,46). The average Bonchev–Trinajstić information content (AvgIpc) is 3.95. The minimum Gasteiger partial charge on any atom is -0.446 e. The Morgan fingerprint density at radius 1 is 1.14 bits per heavy atom. The van der Waals surface area contributed by atoms with E-state index in [9.17, 15) is 40.8 Å². The number of ether oxygens (including phenoxy) is 1. The Labute approximate surface area is 293 Å². The molecule has 0 bridgehead atoms. The van der Waals surface area contributed by atoms with Crippen LogP contribution >= 0.6 is 0 Å². The van der Waals surface area contributed by atoms with Crippen molar-refractivity contribution >= 4 is 39.5 Å². The van der Waals surface area contributed by atoms with Crippen molar-refractivity contribution in [2.24, 2.45) is 17.8 Å². The third-order valence-electron chi connectivity index (χ3n) is 9.54. The maximum absolute atomic E-state index is 13.9. The Morgan fingerprint density at radius 3 is 2.47 bits per heavy atom. The maximum Gasteiger partial charge on any atom is 0.416 e. The van der Waals surface area contributed by atoms with Gasteiger partial charge in [0.2, 0.25) is 21.8 Å². The molecule has 1 aromatic heterocycles. The van der Waals surface area contributed by atoms with Gasteiger partial charge in [-0.15, -0.1) is 13.2 Å². The van der Waals surface area contributed by atoms with Gasteiger partial charge >= 0.3 is 12.3 Å². The quantitative estimate of drug-likeness (QED) is 0.180. The summed E-state index contributed by atoms with van der Waals surface area (Å²) in [7, 11) is -2.34. The summed E-state index contributed by atoms with van der Waals surface area (Å²) >= 11 is 0. The lowest BCUT2D eigenvalue weighted by Crippen LogP contribution is -2.54. The van der Waals surface area contributed by atoms with Crippen LogP contribution in [0.2, 0.25) is 0 Å². The molecule has 4 amide bonds. The van der Waals surface area contributed by atoms with Crippen molar-refractivity contribution in [3.63, 3.8) is 0 Å². The van der Waals surface area contributed by atoms with E-state index < -0.39 is 80.2 Å². The van der Waals surface area contributed by atoms with Crippen LogP contribution in [-0.4, -0.2) is 77.4 Å². The summed E-state index contributed by atoms with van der Waals surface area (Å²) in [5, 5.41) is 8.40. The number of amides is 4. The van der Waals surface area contributed by atoms with E-state index in [1.165, 1.54) is 28.1 Å². The number of hydrogen-bond donors (Lipinski definition) is 3. The minimum atomic E-state index is -4.71. The Hall–Kier alpha value is -4.67. The van der Waals surface area contributed by atoms with Crippen molar-refractivity contribution in [3.8, 4) is 5.69 Å². The molecule has 1 heterocycles. The zero-order chi connectivity index (χ0) is 37.1. The zero-order valence-corrected chi connectivity index (χ0v) is 28.8. The lowest BCUT2D eigenvalue weighted by molar-refractivity contribution is -0.140. The van der Waals surface area contributed by atoms with Crippen molar-refractivity contribution in [1.82, 2.24) is 24.7 Å². The largest absolute Gasteiger partial charge is 0.446 e. The van der Waals surface area contributed by atoms with Gasteiger partial charge in [-0.1, -0.05) is 12.2 Å². The van der Waals surface area contributed by atoms with Crippen LogP contribution in [0.1, 0.15) is 56.9 Å². The molecule has 0 radical (unpaired) electrons. The molecular formula is C34H41F3N6O7S. The molecule has 13 nitrogen and oxygen atoms in total. The first-order chi connectivity index (χ1) is 24.1. The summed E-state index contributed by atoms with van der Waals surface area (Å²) in [5.74, 6) is -4.64. The van der Waals surface area contributed by atoms with Crippen molar-refractivity contribution in [3.05, 3.63) is 67.5 Å². The van der Waals surface area contributed by atoms with E-state index in [0.29, 0.717) is 25.8 Å². The van der Waals surface area contributed by atoms with Gasteiger partial charge in [-0.25, -0.2) is 17.9 Å². The van der Waals surface area contributed by atoms with Crippen LogP contribution in [0.5, 0.6) is 0 Å².